The number of para-hydroxylation sites is 2. The molecule has 6 nitrogen and oxygen atoms in total. The van der Waals surface area contributed by atoms with Gasteiger partial charge in [-0.2, -0.15) is 0 Å². The largest absolute Gasteiger partial charge is 0.505 e. The number of phenolic OH excluding ortho intramolecular Hbond substituents is 3. The Balaban J connectivity index is 2.14. The van der Waals surface area contributed by atoms with Crippen LogP contribution in [0.3, 0.4) is 0 Å². The van der Waals surface area contributed by atoms with Gasteiger partial charge in [0.25, 0.3) is 0 Å². The van der Waals surface area contributed by atoms with Crippen molar-refractivity contribution in [3.05, 3.63) is 36.4 Å². The lowest BCUT2D eigenvalue weighted by Crippen LogP contribution is -2.29. The Labute approximate surface area is 156 Å². The number of aromatic hydroxyl groups is 3. The van der Waals surface area contributed by atoms with Gasteiger partial charge in [0, 0.05) is 21.8 Å². The van der Waals surface area contributed by atoms with E-state index in [0.717, 1.165) is 10.8 Å². The van der Waals surface area contributed by atoms with E-state index in [9.17, 15) is 25.4 Å². The minimum atomic E-state index is -1.68. The molecule has 3 aromatic carbocycles. The van der Waals surface area contributed by atoms with Gasteiger partial charge in [-0.05, 0) is 16.5 Å². The van der Waals surface area contributed by atoms with E-state index in [1.54, 1.807) is 33.9 Å². The summed E-state index contributed by atoms with van der Waals surface area (Å²) < 4.78 is 6.00. The summed E-state index contributed by atoms with van der Waals surface area (Å²) in [5.41, 5.74) is 3.05. The Bertz CT molecular complexity index is 1190. The van der Waals surface area contributed by atoms with E-state index in [2.05, 4.69) is 0 Å². The fourth-order valence-electron chi connectivity index (χ4n) is 3.63. The topological polar surface area (TPSA) is 114 Å². The normalized spacial score (nSPS) is 11.3. The SMILES string of the molecule is Bc1c(O)c(O)c(O)c(B)c1-c1cccc2c1oc1c(B(O)O)cccc12. The second kappa shape index (κ2) is 6.01. The van der Waals surface area contributed by atoms with Crippen LogP contribution in [0.2, 0.25) is 0 Å². The predicted octanol–water partition coefficient (Wildman–Crippen LogP) is -1.43. The summed E-state index contributed by atoms with van der Waals surface area (Å²) in [7, 11) is 1.60. The Morgan fingerprint density at radius 2 is 1.30 bits per heavy atom. The first-order valence-corrected chi connectivity index (χ1v) is 8.37. The van der Waals surface area contributed by atoms with Crippen LogP contribution in [-0.2, 0) is 0 Å². The lowest BCUT2D eigenvalue weighted by atomic mass is 9.76. The standard InChI is InChI=1S/C18H15B3O6/c19-12-11(13(20)15(23)16(24)14(12)22)9-5-1-3-7-8-4-2-6-10(21(25)26)18(8)27-17(7)9/h1-6,22-26H,19-20H2. The van der Waals surface area contributed by atoms with Crippen LogP contribution in [0.15, 0.2) is 40.8 Å². The van der Waals surface area contributed by atoms with Crippen LogP contribution in [0, 0.1) is 0 Å². The van der Waals surface area contributed by atoms with Crippen molar-refractivity contribution in [3.8, 4) is 28.4 Å². The van der Waals surface area contributed by atoms with Gasteiger partial charge in [-0.3, -0.25) is 0 Å². The molecule has 0 unspecified atom stereocenters. The molecule has 27 heavy (non-hydrogen) atoms. The highest BCUT2D eigenvalue weighted by Crippen LogP contribution is 2.38. The molecular weight excluding hydrogens is 345 g/mol. The van der Waals surface area contributed by atoms with Crippen LogP contribution in [0.4, 0.5) is 0 Å². The second-order valence-electron chi connectivity index (χ2n) is 6.55. The predicted molar refractivity (Wildman–Crippen MR) is 110 cm³/mol. The molecule has 4 aromatic rings. The average Bonchev–Trinajstić information content (AvgIpc) is 3.04. The van der Waals surface area contributed by atoms with Gasteiger partial charge < -0.3 is 29.8 Å². The molecule has 0 radical (unpaired) electrons. The van der Waals surface area contributed by atoms with Crippen molar-refractivity contribution in [3.63, 3.8) is 0 Å². The number of hydrogen-bond donors (Lipinski definition) is 5. The highest BCUT2D eigenvalue weighted by atomic mass is 16.4. The molecule has 0 aliphatic rings. The van der Waals surface area contributed by atoms with Crippen LogP contribution in [0.1, 0.15) is 0 Å². The molecule has 1 heterocycles. The number of benzene rings is 3. The molecule has 1 aromatic heterocycles. The number of fused-ring (bicyclic) bond motifs is 3. The van der Waals surface area contributed by atoms with Gasteiger partial charge in [-0.1, -0.05) is 36.4 Å². The van der Waals surface area contributed by atoms with Crippen LogP contribution >= 0.6 is 0 Å². The lowest BCUT2D eigenvalue weighted by molar-refractivity contribution is 0.372. The van der Waals surface area contributed by atoms with Gasteiger partial charge in [0.15, 0.2) is 17.2 Å². The van der Waals surface area contributed by atoms with E-state index in [-0.39, 0.29) is 5.46 Å². The molecule has 0 amide bonds. The quantitative estimate of drug-likeness (QED) is 0.221. The zero-order valence-corrected chi connectivity index (χ0v) is 14.7. The summed E-state index contributed by atoms with van der Waals surface area (Å²) in [5.74, 6) is -1.35. The molecule has 0 aliphatic heterocycles. The maximum Gasteiger partial charge on any atom is 0.492 e. The van der Waals surface area contributed by atoms with Gasteiger partial charge >= 0.3 is 7.12 Å². The number of phenols is 3. The lowest BCUT2D eigenvalue weighted by Gasteiger charge is -2.16. The molecule has 0 saturated heterocycles. The van der Waals surface area contributed by atoms with Crippen LogP contribution in [0.25, 0.3) is 33.1 Å². The number of furan rings is 1. The van der Waals surface area contributed by atoms with Gasteiger partial charge in [0.05, 0.1) is 0 Å². The van der Waals surface area contributed by atoms with E-state index in [1.807, 2.05) is 18.2 Å². The summed E-state index contributed by atoms with van der Waals surface area (Å²) in [4.78, 5) is 0. The summed E-state index contributed by atoms with van der Waals surface area (Å²) >= 11 is 0. The Hall–Kier alpha value is -3.03. The summed E-state index contributed by atoms with van der Waals surface area (Å²) in [6.07, 6.45) is 0. The van der Waals surface area contributed by atoms with Crippen molar-refractivity contribution in [2.75, 3.05) is 0 Å². The van der Waals surface area contributed by atoms with Crippen LogP contribution in [-0.4, -0.2) is 48.2 Å². The molecule has 0 fully saturated rings. The molecule has 0 aliphatic carbocycles. The Kier molecular flexibility index (Phi) is 3.87. The van der Waals surface area contributed by atoms with Gasteiger partial charge in [-0.15, -0.1) is 0 Å². The van der Waals surface area contributed by atoms with E-state index >= 15 is 0 Å². The maximum absolute atomic E-state index is 10.2. The summed E-state index contributed by atoms with van der Waals surface area (Å²) in [6.45, 7) is 0. The third-order valence-corrected chi connectivity index (χ3v) is 5.01. The first-order valence-electron chi connectivity index (χ1n) is 8.37. The molecule has 5 N–H and O–H groups in total. The molecule has 0 saturated carbocycles. The zero-order chi connectivity index (χ0) is 19.5. The van der Waals surface area contributed by atoms with Gasteiger partial charge in [0.1, 0.15) is 26.9 Å². The molecular formula is C18H15B3O6. The highest BCUT2D eigenvalue weighted by molar-refractivity contribution is 6.61. The fraction of sp³-hybridized carbons (Fsp3) is 0. The molecule has 9 heteroatoms. The minimum absolute atomic E-state index is 0.250. The number of hydrogen-bond acceptors (Lipinski definition) is 6. The highest BCUT2D eigenvalue weighted by Gasteiger charge is 2.24. The maximum atomic E-state index is 10.2. The molecule has 0 bridgehead atoms. The fourth-order valence-corrected chi connectivity index (χ4v) is 3.63. The minimum Gasteiger partial charge on any atom is -0.505 e. The first kappa shape index (κ1) is 17.4. The van der Waals surface area contributed by atoms with Crippen molar-refractivity contribution in [2.45, 2.75) is 0 Å². The van der Waals surface area contributed by atoms with E-state index in [1.165, 1.54) is 0 Å². The molecule has 0 spiro atoms. The third kappa shape index (κ3) is 2.39. The van der Waals surface area contributed by atoms with Crippen molar-refractivity contribution in [1.29, 1.82) is 0 Å². The monoisotopic (exact) mass is 360 g/mol. The van der Waals surface area contributed by atoms with Crippen molar-refractivity contribution < 1.29 is 29.8 Å². The van der Waals surface area contributed by atoms with E-state index in [4.69, 9.17) is 4.42 Å². The smallest absolute Gasteiger partial charge is 0.492 e. The van der Waals surface area contributed by atoms with Crippen molar-refractivity contribution in [2.24, 2.45) is 0 Å². The zero-order valence-electron chi connectivity index (χ0n) is 14.7. The van der Waals surface area contributed by atoms with Crippen molar-refractivity contribution in [1.82, 2.24) is 0 Å². The van der Waals surface area contributed by atoms with Gasteiger partial charge in [-0.25, -0.2) is 0 Å². The Morgan fingerprint density at radius 3 is 1.89 bits per heavy atom. The van der Waals surface area contributed by atoms with E-state index < -0.39 is 24.4 Å². The second-order valence-corrected chi connectivity index (χ2v) is 6.55. The van der Waals surface area contributed by atoms with Gasteiger partial charge in [0.2, 0.25) is 0 Å². The average molecular weight is 360 g/mol. The Morgan fingerprint density at radius 1 is 0.741 bits per heavy atom. The molecule has 132 valence electrons. The summed E-state index contributed by atoms with van der Waals surface area (Å²) in [6, 6.07) is 10.6. The summed E-state index contributed by atoms with van der Waals surface area (Å²) in [5, 5.41) is 51.0. The first-order chi connectivity index (χ1) is 12.8. The van der Waals surface area contributed by atoms with Crippen LogP contribution in [0.5, 0.6) is 17.2 Å². The molecule has 4 rings (SSSR count). The van der Waals surface area contributed by atoms with Crippen LogP contribution < -0.4 is 16.4 Å². The van der Waals surface area contributed by atoms with Crippen molar-refractivity contribution >= 4 is 61.1 Å². The molecule has 0 atom stereocenters. The number of rotatable bonds is 2. The van der Waals surface area contributed by atoms with E-state index in [0.29, 0.717) is 33.2 Å². The third-order valence-electron chi connectivity index (χ3n) is 5.01.